The number of ether oxygens (including phenoxy) is 1. The second-order valence-electron chi connectivity index (χ2n) is 5.82. The Labute approximate surface area is 160 Å². The maximum Gasteiger partial charge on any atom is 0.262 e. The van der Waals surface area contributed by atoms with E-state index in [9.17, 15) is 14.3 Å². The Morgan fingerprint density at radius 2 is 2.00 bits per heavy atom. The molecule has 0 saturated carbocycles. The molecule has 7 heteroatoms. The zero-order chi connectivity index (χ0) is 19.2. The van der Waals surface area contributed by atoms with Crippen LogP contribution in [0, 0.1) is 5.82 Å². The van der Waals surface area contributed by atoms with E-state index in [1.807, 2.05) is 6.07 Å². The minimum absolute atomic E-state index is 0.0623. The van der Waals surface area contributed by atoms with Gasteiger partial charge >= 0.3 is 0 Å². The van der Waals surface area contributed by atoms with Crippen molar-refractivity contribution in [2.45, 2.75) is 17.8 Å². The molecule has 0 saturated heterocycles. The molecule has 5 nitrogen and oxygen atoms in total. The molecule has 0 fully saturated rings. The summed E-state index contributed by atoms with van der Waals surface area (Å²) in [5.41, 5.74) is 0.447. The number of para-hydroxylation sites is 2. The molecule has 1 atom stereocenters. The molecule has 3 aromatic rings. The molecule has 27 heavy (non-hydrogen) atoms. The Bertz CT molecular complexity index is 1010. The van der Waals surface area contributed by atoms with Gasteiger partial charge in [0.15, 0.2) is 16.7 Å². The predicted molar refractivity (Wildman–Crippen MR) is 105 cm³/mol. The number of fused-ring (bicyclic) bond motifs is 1. The molecule has 0 spiro atoms. The summed E-state index contributed by atoms with van der Waals surface area (Å²) in [6.07, 6.45) is 0.773. The molecule has 3 rings (SSSR count). The van der Waals surface area contributed by atoms with Gasteiger partial charge in [0.1, 0.15) is 6.61 Å². The maximum absolute atomic E-state index is 13.6. The van der Waals surface area contributed by atoms with E-state index < -0.39 is 11.9 Å². The highest BCUT2D eigenvalue weighted by molar-refractivity contribution is 7.99. The number of thioether (sulfide) groups is 1. The van der Waals surface area contributed by atoms with Gasteiger partial charge in [0.05, 0.1) is 17.0 Å². The number of hydrogen-bond donors (Lipinski definition) is 1. The molecule has 1 N–H and O–H groups in total. The second-order valence-corrected chi connectivity index (χ2v) is 6.81. The number of aliphatic hydroxyl groups is 1. The predicted octanol–water partition coefficient (Wildman–Crippen LogP) is 3.25. The molecular formula is C20H19FN2O3S. The van der Waals surface area contributed by atoms with Crippen LogP contribution in [0.3, 0.4) is 0 Å². The van der Waals surface area contributed by atoms with Crippen molar-refractivity contribution < 1.29 is 14.2 Å². The van der Waals surface area contributed by atoms with Gasteiger partial charge in [-0.1, -0.05) is 42.1 Å². The molecule has 0 aliphatic rings. The monoisotopic (exact) mass is 386 g/mol. The Morgan fingerprint density at radius 3 is 2.78 bits per heavy atom. The van der Waals surface area contributed by atoms with E-state index in [0.29, 0.717) is 22.6 Å². The van der Waals surface area contributed by atoms with Gasteiger partial charge in [-0.15, -0.1) is 6.58 Å². The average molecular weight is 386 g/mol. The Kier molecular flexibility index (Phi) is 6.26. The third-order valence-corrected chi connectivity index (χ3v) is 4.93. The summed E-state index contributed by atoms with van der Waals surface area (Å²) >= 11 is 1.24. The standard InChI is InChI=1S/C20H19FN2O3S/c1-2-11-23-19(25)15-7-3-5-9-17(15)22-20(23)27-13-14(24)12-26-18-10-6-4-8-16(18)21/h2-10,14,24H,1,11-13H2/t14-/m0/s1. The van der Waals surface area contributed by atoms with Gasteiger partial charge in [0, 0.05) is 12.3 Å². The fraction of sp³-hybridized carbons (Fsp3) is 0.200. The molecule has 1 heterocycles. The molecule has 0 aliphatic carbocycles. The van der Waals surface area contributed by atoms with Crippen LogP contribution in [0.5, 0.6) is 5.75 Å². The first-order valence-electron chi connectivity index (χ1n) is 8.39. The van der Waals surface area contributed by atoms with E-state index in [-0.39, 0.29) is 23.7 Å². The average Bonchev–Trinajstić information content (AvgIpc) is 2.68. The van der Waals surface area contributed by atoms with Gasteiger partial charge in [-0.25, -0.2) is 9.37 Å². The quantitative estimate of drug-likeness (QED) is 0.366. The topological polar surface area (TPSA) is 64.3 Å². The van der Waals surface area contributed by atoms with Crippen molar-refractivity contribution in [1.82, 2.24) is 9.55 Å². The van der Waals surface area contributed by atoms with Crippen molar-refractivity contribution in [2.24, 2.45) is 0 Å². The van der Waals surface area contributed by atoms with Crippen molar-refractivity contribution in [3.05, 3.63) is 77.4 Å². The molecular weight excluding hydrogens is 367 g/mol. The summed E-state index contributed by atoms with van der Waals surface area (Å²) in [5.74, 6) is -0.140. The van der Waals surface area contributed by atoms with E-state index >= 15 is 0 Å². The van der Waals surface area contributed by atoms with Crippen molar-refractivity contribution in [2.75, 3.05) is 12.4 Å². The lowest BCUT2D eigenvalue weighted by Gasteiger charge is -2.14. The van der Waals surface area contributed by atoms with E-state index in [1.54, 1.807) is 36.4 Å². The Hall–Kier alpha value is -2.64. The number of nitrogens with zero attached hydrogens (tertiary/aromatic N) is 2. The van der Waals surface area contributed by atoms with Crippen LogP contribution in [0.15, 0.2) is 71.1 Å². The van der Waals surface area contributed by atoms with Crippen molar-refractivity contribution in [1.29, 1.82) is 0 Å². The molecule has 0 bridgehead atoms. The highest BCUT2D eigenvalue weighted by atomic mass is 32.2. The lowest BCUT2D eigenvalue weighted by Crippen LogP contribution is -2.25. The summed E-state index contributed by atoms with van der Waals surface area (Å²) in [6.45, 7) is 3.94. The first kappa shape index (κ1) is 19.1. The van der Waals surface area contributed by atoms with Crippen LogP contribution in [-0.2, 0) is 6.54 Å². The van der Waals surface area contributed by atoms with Crippen LogP contribution in [0.25, 0.3) is 10.9 Å². The van der Waals surface area contributed by atoms with Crippen molar-refractivity contribution in [3.8, 4) is 5.75 Å². The third kappa shape index (κ3) is 4.56. The van der Waals surface area contributed by atoms with Gasteiger partial charge in [-0.05, 0) is 24.3 Å². The third-order valence-electron chi connectivity index (χ3n) is 3.81. The number of aliphatic hydroxyl groups excluding tert-OH is 1. The fourth-order valence-corrected chi connectivity index (χ4v) is 3.43. The minimum Gasteiger partial charge on any atom is -0.488 e. The maximum atomic E-state index is 13.6. The van der Waals surface area contributed by atoms with E-state index in [0.717, 1.165) is 0 Å². The van der Waals surface area contributed by atoms with Crippen molar-refractivity contribution >= 4 is 22.7 Å². The summed E-state index contributed by atoms with van der Waals surface area (Å²) in [7, 11) is 0. The summed E-state index contributed by atoms with van der Waals surface area (Å²) < 4.78 is 20.4. The number of benzene rings is 2. The zero-order valence-electron chi connectivity index (χ0n) is 14.5. The van der Waals surface area contributed by atoms with Crippen LogP contribution in [-0.4, -0.2) is 33.1 Å². The summed E-state index contributed by atoms with van der Waals surface area (Å²) in [4.78, 5) is 17.2. The van der Waals surface area contributed by atoms with E-state index in [4.69, 9.17) is 4.74 Å². The summed E-state index contributed by atoms with van der Waals surface area (Å²) in [5, 5.41) is 11.2. The normalized spacial score (nSPS) is 12.1. The number of aromatic nitrogens is 2. The molecule has 0 unspecified atom stereocenters. The lowest BCUT2D eigenvalue weighted by atomic mass is 10.2. The van der Waals surface area contributed by atoms with Crippen LogP contribution in [0.2, 0.25) is 0 Å². The van der Waals surface area contributed by atoms with Gasteiger partial charge in [-0.2, -0.15) is 0 Å². The van der Waals surface area contributed by atoms with Gasteiger partial charge in [0.2, 0.25) is 0 Å². The summed E-state index contributed by atoms with van der Waals surface area (Å²) in [6, 6.07) is 13.1. The molecule has 0 aliphatic heterocycles. The molecule has 140 valence electrons. The highest BCUT2D eigenvalue weighted by Gasteiger charge is 2.14. The molecule has 0 amide bonds. The van der Waals surface area contributed by atoms with E-state index in [2.05, 4.69) is 11.6 Å². The smallest absolute Gasteiger partial charge is 0.262 e. The zero-order valence-corrected chi connectivity index (χ0v) is 15.4. The van der Waals surface area contributed by atoms with Gasteiger partial charge in [0.25, 0.3) is 5.56 Å². The first-order chi connectivity index (χ1) is 13.1. The van der Waals surface area contributed by atoms with Crippen LogP contribution >= 0.6 is 11.8 Å². The highest BCUT2D eigenvalue weighted by Crippen LogP contribution is 2.20. The van der Waals surface area contributed by atoms with Crippen LogP contribution in [0.1, 0.15) is 0 Å². The second kappa shape index (κ2) is 8.83. The number of rotatable bonds is 8. The van der Waals surface area contributed by atoms with Crippen molar-refractivity contribution in [3.63, 3.8) is 0 Å². The van der Waals surface area contributed by atoms with Gasteiger partial charge in [-0.3, -0.25) is 9.36 Å². The Balaban J connectivity index is 1.72. The molecule has 0 radical (unpaired) electrons. The number of hydrogen-bond acceptors (Lipinski definition) is 5. The lowest BCUT2D eigenvalue weighted by molar-refractivity contribution is 0.123. The number of halogens is 1. The Morgan fingerprint density at radius 1 is 1.26 bits per heavy atom. The molecule has 2 aromatic carbocycles. The van der Waals surface area contributed by atoms with E-state index in [1.165, 1.54) is 28.5 Å². The fourth-order valence-electron chi connectivity index (χ4n) is 2.51. The van der Waals surface area contributed by atoms with Gasteiger partial charge < -0.3 is 9.84 Å². The first-order valence-corrected chi connectivity index (χ1v) is 9.37. The molecule has 1 aromatic heterocycles. The van der Waals surface area contributed by atoms with Crippen LogP contribution < -0.4 is 10.3 Å². The van der Waals surface area contributed by atoms with Crippen LogP contribution in [0.4, 0.5) is 4.39 Å². The largest absolute Gasteiger partial charge is 0.488 e. The number of allylic oxidation sites excluding steroid dienone is 1. The minimum atomic E-state index is -0.852. The SMILES string of the molecule is C=CCn1c(SC[C@@H](O)COc2ccccc2F)nc2ccccc2c1=O.